The summed E-state index contributed by atoms with van der Waals surface area (Å²) in [6.07, 6.45) is 3.49. The van der Waals surface area contributed by atoms with Crippen LogP contribution in [0.3, 0.4) is 0 Å². The van der Waals surface area contributed by atoms with E-state index >= 15 is 0 Å². The van der Waals surface area contributed by atoms with Gasteiger partial charge in [-0.2, -0.15) is 0 Å². The summed E-state index contributed by atoms with van der Waals surface area (Å²) in [6.45, 7) is 6.19. The normalized spacial score (nSPS) is 17.3. The SMILES string of the molecule is CCCN1CCc2cc(N3CCOc4ncnc(N)c4C3=O)ccc2C1. The number of anilines is 2. The van der Waals surface area contributed by atoms with Crippen LogP contribution in [0.5, 0.6) is 5.88 Å². The lowest BCUT2D eigenvalue weighted by atomic mass is 9.98. The van der Waals surface area contributed by atoms with E-state index < -0.39 is 0 Å². The number of nitrogens with zero attached hydrogens (tertiary/aromatic N) is 4. The van der Waals surface area contributed by atoms with Crippen molar-refractivity contribution in [3.8, 4) is 5.88 Å². The second kappa shape index (κ2) is 6.92. The van der Waals surface area contributed by atoms with Crippen LogP contribution in [0.1, 0.15) is 34.8 Å². The zero-order chi connectivity index (χ0) is 18.1. The molecule has 0 saturated carbocycles. The van der Waals surface area contributed by atoms with E-state index in [1.165, 1.54) is 23.9 Å². The van der Waals surface area contributed by atoms with Crippen LogP contribution >= 0.6 is 0 Å². The van der Waals surface area contributed by atoms with Crippen LogP contribution in [0.2, 0.25) is 0 Å². The third kappa shape index (κ3) is 2.99. The van der Waals surface area contributed by atoms with Crippen molar-refractivity contribution in [2.75, 3.05) is 36.9 Å². The molecule has 4 rings (SSSR count). The number of carbonyl (C=O) groups is 1. The van der Waals surface area contributed by atoms with E-state index in [1.54, 1.807) is 4.90 Å². The Balaban J connectivity index is 1.64. The number of fused-ring (bicyclic) bond motifs is 2. The zero-order valence-electron chi connectivity index (χ0n) is 14.9. The third-order valence-electron chi connectivity index (χ3n) is 4.99. The Bertz CT molecular complexity index is 839. The predicted octanol–water partition coefficient (Wildman–Crippen LogP) is 1.87. The van der Waals surface area contributed by atoms with E-state index in [-0.39, 0.29) is 23.2 Å². The largest absolute Gasteiger partial charge is 0.475 e. The van der Waals surface area contributed by atoms with Crippen molar-refractivity contribution >= 4 is 17.4 Å². The van der Waals surface area contributed by atoms with Crippen molar-refractivity contribution in [1.29, 1.82) is 0 Å². The molecule has 0 spiro atoms. The number of ether oxygens (including phenoxy) is 1. The number of hydrogen-bond donors (Lipinski definition) is 1. The van der Waals surface area contributed by atoms with Crippen LogP contribution in [0, 0.1) is 0 Å². The van der Waals surface area contributed by atoms with Gasteiger partial charge in [-0.15, -0.1) is 0 Å². The Kier molecular flexibility index (Phi) is 4.46. The van der Waals surface area contributed by atoms with Crippen molar-refractivity contribution in [2.45, 2.75) is 26.3 Å². The number of rotatable bonds is 3. The maximum atomic E-state index is 13.0. The molecule has 0 fully saturated rings. The molecule has 0 aliphatic carbocycles. The van der Waals surface area contributed by atoms with Gasteiger partial charge >= 0.3 is 0 Å². The lowest BCUT2D eigenvalue weighted by molar-refractivity contribution is 0.0990. The van der Waals surface area contributed by atoms with E-state index in [0.717, 1.165) is 31.7 Å². The number of nitrogen functional groups attached to an aromatic ring is 1. The minimum Gasteiger partial charge on any atom is -0.475 e. The highest BCUT2D eigenvalue weighted by Crippen LogP contribution is 2.30. The zero-order valence-corrected chi connectivity index (χ0v) is 14.9. The molecule has 0 saturated heterocycles. The summed E-state index contributed by atoms with van der Waals surface area (Å²) in [5.74, 6) is 0.206. The first kappa shape index (κ1) is 16.8. The maximum Gasteiger partial charge on any atom is 0.267 e. The predicted molar refractivity (Wildman–Crippen MR) is 99.3 cm³/mol. The van der Waals surface area contributed by atoms with Gasteiger partial charge in [0.05, 0.1) is 6.54 Å². The Morgan fingerprint density at radius 3 is 2.96 bits per heavy atom. The smallest absolute Gasteiger partial charge is 0.267 e. The minimum atomic E-state index is -0.209. The lowest BCUT2D eigenvalue weighted by Gasteiger charge is -2.30. The number of amides is 1. The topological polar surface area (TPSA) is 84.6 Å². The van der Waals surface area contributed by atoms with Crippen LogP contribution in [0.25, 0.3) is 0 Å². The molecule has 1 aromatic carbocycles. The highest BCUT2D eigenvalue weighted by atomic mass is 16.5. The number of nitrogens with two attached hydrogens (primary N) is 1. The number of carbonyl (C=O) groups excluding carboxylic acids is 1. The molecule has 3 heterocycles. The van der Waals surface area contributed by atoms with Gasteiger partial charge in [-0.1, -0.05) is 13.0 Å². The molecule has 2 aliphatic heterocycles. The average Bonchev–Trinajstić information content (AvgIpc) is 2.81. The van der Waals surface area contributed by atoms with Gasteiger partial charge in [0.2, 0.25) is 5.88 Å². The fourth-order valence-corrected chi connectivity index (χ4v) is 3.68. The fourth-order valence-electron chi connectivity index (χ4n) is 3.68. The summed E-state index contributed by atoms with van der Waals surface area (Å²) in [6, 6.07) is 6.27. The van der Waals surface area contributed by atoms with Gasteiger partial charge in [-0.25, -0.2) is 9.97 Å². The third-order valence-corrected chi connectivity index (χ3v) is 4.99. The fraction of sp³-hybridized carbons (Fsp3) is 0.421. The summed E-state index contributed by atoms with van der Waals surface area (Å²) in [7, 11) is 0. The summed E-state index contributed by atoms with van der Waals surface area (Å²) >= 11 is 0. The lowest BCUT2D eigenvalue weighted by Crippen LogP contribution is -2.34. The van der Waals surface area contributed by atoms with Gasteiger partial charge in [0.25, 0.3) is 5.91 Å². The van der Waals surface area contributed by atoms with E-state index in [2.05, 4.69) is 33.9 Å². The van der Waals surface area contributed by atoms with Crippen molar-refractivity contribution in [3.05, 3.63) is 41.2 Å². The average molecular weight is 353 g/mol. The molecular formula is C19H23N5O2. The first-order valence-corrected chi connectivity index (χ1v) is 9.06. The number of benzene rings is 1. The molecule has 0 bridgehead atoms. The summed E-state index contributed by atoms with van der Waals surface area (Å²) in [5.41, 5.74) is 9.68. The Labute approximate surface area is 152 Å². The van der Waals surface area contributed by atoms with E-state index in [4.69, 9.17) is 10.5 Å². The Morgan fingerprint density at radius 1 is 1.23 bits per heavy atom. The number of hydrogen-bond acceptors (Lipinski definition) is 6. The summed E-state index contributed by atoms with van der Waals surface area (Å²) < 4.78 is 5.60. The van der Waals surface area contributed by atoms with Crippen molar-refractivity contribution in [3.63, 3.8) is 0 Å². The van der Waals surface area contributed by atoms with E-state index in [0.29, 0.717) is 13.2 Å². The molecule has 136 valence electrons. The molecule has 1 aromatic heterocycles. The standard InChI is InChI=1S/C19H23N5O2/c1-2-6-23-7-5-13-10-15(4-3-14(13)11-23)24-8-9-26-18-16(19(24)25)17(20)21-12-22-18/h3-4,10,12H,2,5-9,11H2,1H3,(H2,20,21,22). The van der Waals surface area contributed by atoms with Crippen LogP contribution in [0.4, 0.5) is 11.5 Å². The molecule has 0 atom stereocenters. The van der Waals surface area contributed by atoms with Gasteiger partial charge in [-0.3, -0.25) is 9.69 Å². The van der Waals surface area contributed by atoms with Crippen molar-refractivity contribution < 1.29 is 9.53 Å². The molecule has 2 N–H and O–H groups in total. The molecular weight excluding hydrogens is 330 g/mol. The summed E-state index contributed by atoms with van der Waals surface area (Å²) in [5, 5.41) is 0. The minimum absolute atomic E-state index is 0.153. The Morgan fingerprint density at radius 2 is 2.12 bits per heavy atom. The van der Waals surface area contributed by atoms with Crippen LogP contribution in [-0.4, -0.2) is 47.0 Å². The second-order valence-corrected chi connectivity index (χ2v) is 6.72. The van der Waals surface area contributed by atoms with Crippen molar-refractivity contribution in [1.82, 2.24) is 14.9 Å². The second-order valence-electron chi connectivity index (χ2n) is 6.72. The molecule has 26 heavy (non-hydrogen) atoms. The highest BCUT2D eigenvalue weighted by molar-refractivity contribution is 6.10. The van der Waals surface area contributed by atoms with Gasteiger partial charge in [0.15, 0.2) is 0 Å². The summed E-state index contributed by atoms with van der Waals surface area (Å²) in [4.78, 5) is 25.2. The number of aromatic nitrogens is 2. The Hall–Kier alpha value is -2.67. The van der Waals surface area contributed by atoms with Crippen molar-refractivity contribution in [2.24, 2.45) is 0 Å². The molecule has 0 unspecified atom stereocenters. The van der Waals surface area contributed by atoms with E-state index in [9.17, 15) is 4.79 Å². The molecule has 0 radical (unpaired) electrons. The van der Waals surface area contributed by atoms with Crippen LogP contribution in [0.15, 0.2) is 24.5 Å². The van der Waals surface area contributed by atoms with Gasteiger partial charge in [0.1, 0.15) is 24.3 Å². The van der Waals surface area contributed by atoms with E-state index in [1.807, 2.05) is 6.07 Å². The van der Waals surface area contributed by atoms with Gasteiger partial charge in [-0.05, 0) is 42.6 Å². The quantitative estimate of drug-likeness (QED) is 0.907. The first-order valence-electron chi connectivity index (χ1n) is 9.06. The van der Waals surface area contributed by atoms with Gasteiger partial charge in [0, 0.05) is 18.8 Å². The molecule has 1 amide bonds. The first-order chi connectivity index (χ1) is 12.7. The molecule has 2 aliphatic rings. The monoisotopic (exact) mass is 353 g/mol. The maximum absolute atomic E-state index is 13.0. The van der Waals surface area contributed by atoms with Crippen LogP contribution in [-0.2, 0) is 13.0 Å². The van der Waals surface area contributed by atoms with Crippen LogP contribution < -0.4 is 15.4 Å². The highest BCUT2D eigenvalue weighted by Gasteiger charge is 2.29. The molecule has 7 nitrogen and oxygen atoms in total. The molecule has 2 aromatic rings. The molecule has 7 heteroatoms. The van der Waals surface area contributed by atoms with Gasteiger partial charge < -0.3 is 15.4 Å².